The fourth-order valence-corrected chi connectivity index (χ4v) is 0.685. The molecule has 0 aromatic rings. The van der Waals surface area contributed by atoms with E-state index in [2.05, 4.69) is 4.99 Å². The van der Waals surface area contributed by atoms with Crippen LogP contribution < -0.4 is 0 Å². The largest absolute Gasteiger partial charge is 0.382 e. The molecular formula is C8H15NO3. The molecule has 0 fully saturated rings. The van der Waals surface area contributed by atoms with Gasteiger partial charge in [0, 0.05) is 13.7 Å². The first-order chi connectivity index (χ1) is 5.91. The van der Waals surface area contributed by atoms with E-state index in [0.29, 0.717) is 26.4 Å². The standard InChI is InChI=1S/C8H15NO3/c1-11-6-7-12-5-3-2-4-9-8-10/h2-7H2,1H3. The Morgan fingerprint density at radius 1 is 1.25 bits per heavy atom. The van der Waals surface area contributed by atoms with Crippen LogP contribution in [0.4, 0.5) is 0 Å². The number of methoxy groups -OCH3 is 1. The molecule has 4 nitrogen and oxygen atoms in total. The maximum Gasteiger partial charge on any atom is 0.234 e. The molecule has 0 atom stereocenters. The number of hydrogen-bond donors (Lipinski definition) is 0. The van der Waals surface area contributed by atoms with Gasteiger partial charge >= 0.3 is 0 Å². The lowest BCUT2D eigenvalue weighted by Crippen LogP contribution is -2.03. The lowest BCUT2D eigenvalue weighted by atomic mass is 10.3. The van der Waals surface area contributed by atoms with Crippen LogP contribution in [0.2, 0.25) is 0 Å². The highest BCUT2D eigenvalue weighted by Crippen LogP contribution is 1.90. The Balaban J connectivity index is 2.86. The molecule has 0 heterocycles. The lowest BCUT2D eigenvalue weighted by Gasteiger charge is -2.01. The van der Waals surface area contributed by atoms with Crippen LogP contribution in [0.3, 0.4) is 0 Å². The predicted octanol–water partition coefficient (Wildman–Crippen LogP) is 0.765. The normalized spacial score (nSPS) is 9.42. The van der Waals surface area contributed by atoms with Crippen molar-refractivity contribution >= 4 is 6.08 Å². The van der Waals surface area contributed by atoms with Gasteiger partial charge in [0.05, 0.1) is 19.8 Å². The molecule has 0 aromatic heterocycles. The second kappa shape index (κ2) is 10.3. The Hall–Kier alpha value is -0.700. The summed E-state index contributed by atoms with van der Waals surface area (Å²) in [5.74, 6) is 0. The Morgan fingerprint density at radius 3 is 2.75 bits per heavy atom. The molecular weight excluding hydrogens is 158 g/mol. The maximum absolute atomic E-state index is 9.64. The molecule has 0 spiro atoms. The van der Waals surface area contributed by atoms with E-state index >= 15 is 0 Å². The van der Waals surface area contributed by atoms with Crippen LogP contribution >= 0.6 is 0 Å². The van der Waals surface area contributed by atoms with Crippen molar-refractivity contribution in [1.29, 1.82) is 0 Å². The summed E-state index contributed by atoms with van der Waals surface area (Å²) in [5.41, 5.74) is 0. The van der Waals surface area contributed by atoms with Gasteiger partial charge in [-0.25, -0.2) is 9.79 Å². The van der Waals surface area contributed by atoms with Crippen LogP contribution in [0.25, 0.3) is 0 Å². The number of ether oxygens (including phenoxy) is 2. The quantitative estimate of drug-likeness (QED) is 0.309. The zero-order valence-electron chi connectivity index (χ0n) is 7.41. The molecule has 0 N–H and O–H groups in total. The Bertz CT molecular complexity index is 132. The third-order valence-corrected chi connectivity index (χ3v) is 1.30. The number of nitrogens with zero attached hydrogens (tertiary/aromatic N) is 1. The third kappa shape index (κ3) is 9.30. The van der Waals surface area contributed by atoms with E-state index in [4.69, 9.17) is 9.47 Å². The van der Waals surface area contributed by atoms with Gasteiger partial charge in [-0.3, -0.25) is 0 Å². The summed E-state index contributed by atoms with van der Waals surface area (Å²) in [5, 5.41) is 0. The van der Waals surface area contributed by atoms with E-state index in [-0.39, 0.29) is 0 Å². The summed E-state index contributed by atoms with van der Waals surface area (Å²) in [6.45, 7) is 2.52. The molecule has 0 bridgehead atoms. The van der Waals surface area contributed by atoms with Crippen molar-refractivity contribution in [3.8, 4) is 0 Å². The van der Waals surface area contributed by atoms with Crippen molar-refractivity contribution in [2.75, 3.05) is 33.5 Å². The zero-order chi connectivity index (χ0) is 9.07. The van der Waals surface area contributed by atoms with Gasteiger partial charge in [0.15, 0.2) is 0 Å². The second-order valence-corrected chi connectivity index (χ2v) is 2.29. The van der Waals surface area contributed by atoms with Crippen LogP contribution in [-0.4, -0.2) is 39.6 Å². The fraction of sp³-hybridized carbons (Fsp3) is 0.875. The van der Waals surface area contributed by atoms with Gasteiger partial charge in [-0.1, -0.05) is 0 Å². The Morgan fingerprint density at radius 2 is 2.08 bits per heavy atom. The molecule has 0 rings (SSSR count). The fourth-order valence-electron chi connectivity index (χ4n) is 0.685. The monoisotopic (exact) mass is 173 g/mol. The van der Waals surface area contributed by atoms with Crippen molar-refractivity contribution < 1.29 is 14.3 Å². The Kier molecular flexibility index (Phi) is 9.70. The average molecular weight is 173 g/mol. The molecule has 0 aliphatic heterocycles. The topological polar surface area (TPSA) is 47.9 Å². The molecule has 0 aliphatic carbocycles. The minimum Gasteiger partial charge on any atom is -0.382 e. The SMILES string of the molecule is COCCOCCCCN=C=O. The molecule has 0 amide bonds. The molecule has 0 aromatic carbocycles. The first kappa shape index (κ1) is 11.3. The van der Waals surface area contributed by atoms with E-state index in [1.54, 1.807) is 7.11 Å². The number of isocyanates is 1. The van der Waals surface area contributed by atoms with Crippen molar-refractivity contribution in [2.24, 2.45) is 4.99 Å². The van der Waals surface area contributed by atoms with E-state index in [1.165, 1.54) is 6.08 Å². The van der Waals surface area contributed by atoms with E-state index in [0.717, 1.165) is 12.8 Å². The summed E-state index contributed by atoms with van der Waals surface area (Å²) in [4.78, 5) is 13.1. The van der Waals surface area contributed by atoms with Crippen LogP contribution in [-0.2, 0) is 14.3 Å². The first-order valence-corrected chi connectivity index (χ1v) is 4.02. The number of unbranched alkanes of at least 4 members (excludes halogenated alkanes) is 1. The van der Waals surface area contributed by atoms with Crippen molar-refractivity contribution in [3.05, 3.63) is 0 Å². The zero-order valence-corrected chi connectivity index (χ0v) is 7.41. The van der Waals surface area contributed by atoms with Crippen LogP contribution in [0.1, 0.15) is 12.8 Å². The molecule has 4 heteroatoms. The number of hydrogen-bond acceptors (Lipinski definition) is 4. The second-order valence-electron chi connectivity index (χ2n) is 2.29. The van der Waals surface area contributed by atoms with Crippen LogP contribution in [0.5, 0.6) is 0 Å². The number of rotatable bonds is 8. The van der Waals surface area contributed by atoms with Gasteiger partial charge in [-0.05, 0) is 12.8 Å². The minimum atomic E-state index is 0.553. The van der Waals surface area contributed by atoms with E-state index in [9.17, 15) is 4.79 Å². The van der Waals surface area contributed by atoms with Gasteiger partial charge < -0.3 is 9.47 Å². The van der Waals surface area contributed by atoms with Gasteiger partial charge in [0.25, 0.3) is 0 Å². The van der Waals surface area contributed by atoms with Gasteiger partial charge in [0.2, 0.25) is 6.08 Å². The molecule has 0 radical (unpaired) electrons. The van der Waals surface area contributed by atoms with Crippen molar-refractivity contribution in [3.63, 3.8) is 0 Å². The number of aliphatic imine (C=N–C) groups is 1. The summed E-state index contributed by atoms with van der Waals surface area (Å²) < 4.78 is 9.98. The first-order valence-electron chi connectivity index (χ1n) is 4.02. The summed E-state index contributed by atoms with van der Waals surface area (Å²) in [6, 6.07) is 0. The van der Waals surface area contributed by atoms with Gasteiger partial charge in [-0.2, -0.15) is 0 Å². The molecule has 0 saturated carbocycles. The molecule has 70 valence electrons. The van der Waals surface area contributed by atoms with Gasteiger partial charge in [0.1, 0.15) is 0 Å². The average Bonchev–Trinajstić information content (AvgIpc) is 2.10. The summed E-state index contributed by atoms with van der Waals surface area (Å²) in [6.07, 6.45) is 3.30. The van der Waals surface area contributed by atoms with Crippen molar-refractivity contribution in [2.45, 2.75) is 12.8 Å². The molecule has 0 saturated heterocycles. The van der Waals surface area contributed by atoms with E-state index in [1.807, 2.05) is 0 Å². The molecule has 12 heavy (non-hydrogen) atoms. The highest BCUT2D eigenvalue weighted by atomic mass is 16.5. The summed E-state index contributed by atoms with van der Waals surface area (Å²) >= 11 is 0. The number of carbonyl (C=O) groups excluding carboxylic acids is 1. The van der Waals surface area contributed by atoms with E-state index < -0.39 is 0 Å². The van der Waals surface area contributed by atoms with Crippen molar-refractivity contribution in [1.82, 2.24) is 0 Å². The highest BCUT2D eigenvalue weighted by molar-refractivity contribution is 5.32. The predicted molar refractivity (Wildman–Crippen MR) is 44.9 cm³/mol. The van der Waals surface area contributed by atoms with Gasteiger partial charge in [-0.15, -0.1) is 0 Å². The van der Waals surface area contributed by atoms with Crippen LogP contribution in [0, 0.1) is 0 Å². The maximum atomic E-state index is 9.64. The Labute approximate surface area is 72.6 Å². The third-order valence-electron chi connectivity index (χ3n) is 1.30. The van der Waals surface area contributed by atoms with Crippen LogP contribution in [0.15, 0.2) is 4.99 Å². The summed E-state index contributed by atoms with van der Waals surface area (Å²) in [7, 11) is 1.64. The smallest absolute Gasteiger partial charge is 0.234 e. The minimum absolute atomic E-state index is 0.553. The molecule has 0 unspecified atom stereocenters. The highest BCUT2D eigenvalue weighted by Gasteiger charge is 1.88. The lowest BCUT2D eigenvalue weighted by molar-refractivity contribution is 0.0690. The molecule has 0 aliphatic rings.